The van der Waals surface area contributed by atoms with Gasteiger partial charge >= 0.3 is 0 Å². The van der Waals surface area contributed by atoms with Crippen LogP contribution in [0.3, 0.4) is 0 Å². The Balaban J connectivity index is 1.14. The predicted molar refractivity (Wildman–Crippen MR) is 120 cm³/mol. The zero-order chi connectivity index (χ0) is 21.4. The molecule has 1 saturated heterocycles. The third-order valence-corrected chi connectivity index (χ3v) is 7.38. The van der Waals surface area contributed by atoms with E-state index >= 15 is 0 Å². The first-order valence-corrected chi connectivity index (χ1v) is 11.9. The fourth-order valence-electron chi connectivity index (χ4n) is 3.78. The highest BCUT2D eigenvalue weighted by Gasteiger charge is 2.23. The summed E-state index contributed by atoms with van der Waals surface area (Å²) >= 11 is 2.76. The maximum atomic E-state index is 12.7. The number of hydrogen-bond donors (Lipinski definition) is 0. The van der Waals surface area contributed by atoms with E-state index in [0.29, 0.717) is 23.6 Å². The lowest BCUT2D eigenvalue weighted by atomic mass is 10.1. The van der Waals surface area contributed by atoms with E-state index in [1.165, 1.54) is 33.2 Å². The Labute approximate surface area is 187 Å². The SMILES string of the molecule is Cn1c(SCC(=O)N2CCN(Cc3ccc4c(c3)OCO4)CC2)nc2sccc2c1=O. The lowest BCUT2D eigenvalue weighted by Crippen LogP contribution is -2.48. The summed E-state index contributed by atoms with van der Waals surface area (Å²) < 4.78 is 12.3. The summed E-state index contributed by atoms with van der Waals surface area (Å²) in [5, 5.41) is 3.07. The molecule has 31 heavy (non-hydrogen) atoms. The highest BCUT2D eigenvalue weighted by Crippen LogP contribution is 2.32. The van der Waals surface area contributed by atoms with Crippen LogP contribution in [0.25, 0.3) is 10.2 Å². The molecule has 1 amide bonds. The third-order valence-electron chi connectivity index (χ3n) is 5.56. The van der Waals surface area contributed by atoms with Gasteiger partial charge in [0.15, 0.2) is 16.7 Å². The number of amides is 1. The molecule has 1 aromatic carbocycles. The van der Waals surface area contributed by atoms with Crippen molar-refractivity contribution in [2.24, 2.45) is 7.05 Å². The monoisotopic (exact) mass is 458 g/mol. The van der Waals surface area contributed by atoms with Crippen molar-refractivity contribution in [3.05, 3.63) is 45.6 Å². The molecule has 0 unspecified atom stereocenters. The molecule has 1 fully saturated rings. The van der Waals surface area contributed by atoms with Gasteiger partial charge in [-0.15, -0.1) is 11.3 Å². The van der Waals surface area contributed by atoms with E-state index in [-0.39, 0.29) is 24.0 Å². The topological polar surface area (TPSA) is 76.9 Å². The summed E-state index contributed by atoms with van der Waals surface area (Å²) in [5.74, 6) is 1.95. The largest absolute Gasteiger partial charge is 0.454 e. The Morgan fingerprint density at radius 2 is 1.97 bits per heavy atom. The van der Waals surface area contributed by atoms with Gasteiger partial charge in [-0.25, -0.2) is 4.98 Å². The van der Waals surface area contributed by atoms with E-state index in [2.05, 4.69) is 16.0 Å². The second-order valence-electron chi connectivity index (χ2n) is 7.53. The van der Waals surface area contributed by atoms with Crippen LogP contribution in [-0.2, 0) is 18.4 Å². The van der Waals surface area contributed by atoms with Crippen molar-refractivity contribution < 1.29 is 14.3 Å². The number of thiophene rings is 1. The van der Waals surface area contributed by atoms with Crippen molar-refractivity contribution >= 4 is 39.2 Å². The van der Waals surface area contributed by atoms with Gasteiger partial charge in [-0.3, -0.25) is 19.1 Å². The smallest absolute Gasteiger partial charge is 0.262 e. The van der Waals surface area contributed by atoms with Crippen LogP contribution in [0.4, 0.5) is 0 Å². The molecule has 0 atom stereocenters. The molecule has 0 spiro atoms. The molecule has 2 aliphatic heterocycles. The van der Waals surface area contributed by atoms with Crippen LogP contribution in [0.5, 0.6) is 11.5 Å². The third kappa shape index (κ3) is 4.15. The first-order chi connectivity index (χ1) is 15.1. The number of fused-ring (bicyclic) bond motifs is 2. The van der Waals surface area contributed by atoms with E-state index in [4.69, 9.17) is 9.47 Å². The van der Waals surface area contributed by atoms with Gasteiger partial charge in [0.1, 0.15) is 4.83 Å². The fraction of sp³-hybridized carbons (Fsp3) is 0.381. The lowest BCUT2D eigenvalue weighted by Gasteiger charge is -2.34. The predicted octanol–water partition coefficient (Wildman–Crippen LogP) is 2.16. The second kappa shape index (κ2) is 8.52. The molecule has 3 aromatic rings. The second-order valence-corrected chi connectivity index (χ2v) is 9.37. The number of hydrogen-bond acceptors (Lipinski definition) is 8. The number of nitrogens with zero attached hydrogens (tertiary/aromatic N) is 4. The molecule has 0 radical (unpaired) electrons. The Hall–Kier alpha value is -2.56. The lowest BCUT2D eigenvalue weighted by molar-refractivity contribution is -0.130. The Kier molecular flexibility index (Phi) is 5.59. The van der Waals surface area contributed by atoms with Gasteiger partial charge in [-0.2, -0.15) is 0 Å². The fourth-order valence-corrected chi connectivity index (χ4v) is 5.46. The quantitative estimate of drug-likeness (QED) is 0.428. The molecule has 0 aliphatic carbocycles. The number of piperazine rings is 1. The van der Waals surface area contributed by atoms with Crippen molar-refractivity contribution in [1.82, 2.24) is 19.4 Å². The van der Waals surface area contributed by atoms with Crippen LogP contribution in [0.2, 0.25) is 0 Å². The van der Waals surface area contributed by atoms with Crippen molar-refractivity contribution in [3.63, 3.8) is 0 Å². The summed E-state index contributed by atoms with van der Waals surface area (Å²) in [6.45, 7) is 4.13. The molecule has 4 heterocycles. The molecule has 0 saturated carbocycles. The number of carbonyl (C=O) groups is 1. The Morgan fingerprint density at radius 3 is 2.81 bits per heavy atom. The molecule has 162 valence electrons. The maximum Gasteiger partial charge on any atom is 0.262 e. The highest BCUT2D eigenvalue weighted by atomic mass is 32.2. The minimum Gasteiger partial charge on any atom is -0.454 e. The van der Waals surface area contributed by atoms with Crippen LogP contribution in [0, 0.1) is 0 Å². The molecule has 0 N–H and O–H groups in total. The highest BCUT2D eigenvalue weighted by molar-refractivity contribution is 7.99. The summed E-state index contributed by atoms with van der Waals surface area (Å²) in [7, 11) is 1.70. The normalized spacial score (nSPS) is 16.2. The van der Waals surface area contributed by atoms with Gasteiger partial charge in [-0.1, -0.05) is 17.8 Å². The minimum absolute atomic E-state index is 0.0710. The van der Waals surface area contributed by atoms with E-state index in [1.54, 1.807) is 13.1 Å². The van der Waals surface area contributed by atoms with Gasteiger partial charge in [0.2, 0.25) is 12.7 Å². The number of ether oxygens (including phenoxy) is 2. The molecule has 2 aliphatic rings. The zero-order valence-corrected chi connectivity index (χ0v) is 18.7. The van der Waals surface area contributed by atoms with Crippen molar-refractivity contribution in [3.8, 4) is 11.5 Å². The summed E-state index contributed by atoms with van der Waals surface area (Å²) in [5.41, 5.74) is 1.11. The van der Waals surface area contributed by atoms with Crippen LogP contribution in [0.15, 0.2) is 39.6 Å². The molecule has 8 nitrogen and oxygen atoms in total. The van der Waals surface area contributed by atoms with E-state index in [0.717, 1.165) is 36.0 Å². The number of carbonyl (C=O) groups excluding carboxylic acids is 1. The van der Waals surface area contributed by atoms with Crippen molar-refractivity contribution in [1.29, 1.82) is 0 Å². The molecular formula is C21H22N4O4S2. The van der Waals surface area contributed by atoms with Crippen LogP contribution in [-0.4, -0.2) is 64.0 Å². The molecule has 10 heteroatoms. The molecule has 0 bridgehead atoms. The van der Waals surface area contributed by atoms with E-state index in [9.17, 15) is 9.59 Å². The Bertz CT molecular complexity index is 1180. The standard InChI is InChI=1S/C21H22N4O4S2/c1-23-20(27)15-4-9-30-19(15)22-21(23)31-12-18(26)25-7-5-24(6-8-25)11-14-2-3-16-17(10-14)29-13-28-16/h2-4,9-10H,5-8,11-13H2,1H3. The van der Waals surface area contributed by atoms with Gasteiger partial charge < -0.3 is 14.4 Å². The molecule has 5 rings (SSSR count). The Morgan fingerprint density at radius 1 is 1.16 bits per heavy atom. The van der Waals surface area contributed by atoms with Gasteiger partial charge in [0.25, 0.3) is 5.56 Å². The van der Waals surface area contributed by atoms with Crippen LogP contribution < -0.4 is 15.0 Å². The van der Waals surface area contributed by atoms with Crippen molar-refractivity contribution in [2.45, 2.75) is 11.7 Å². The summed E-state index contributed by atoms with van der Waals surface area (Å²) in [4.78, 5) is 34.6. The number of thioether (sulfide) groups is 1. The van der Waals surface area contributed by atoms with Gasteiger partial charge in [0, 0.05) is 39.8 Å². The van der Waals surface area contributed by atoms with Gasteiger partial charge in [-0.05, 0) is 29.1 Å². The number of benzene rings is 1. The minimum atomic E-state index is -0.0710. The summed E-state index contributed by atoms with van der Waals surface area (Å²) in [6.07, 6.45) is 0. The first kappa shape index (κ1) is 20.3. The first-order valence-electron chi connectivity index (χ1n) is 10.0. The van der Waals surface area contributed by atoms with Crippen LogP contribution >= 0.6 is 23.1 Å². The average Bonchev–Trinajstić information content (AvgIpc) is 3.44. The maximum absolute atomic E-state index is 12.7. The van der Waals surface area contributed by atoms with E-state index in [1.807, 2.05) is 22.4 Å². The zero-order valence-electron chi connectivity index (χ0n) is 17.1. The molecule has 2 aromatic heterocycles. The van der Waals surface area contributed by atoms with Crippen molar-refractivity contribution in [2.75, 3.05) is 38.7 Å². The number of rotatable bonds is 5. The number of aromatic nitrogens is 2. The van der Waals surface area contributed by atoms with E-state index < -0.39 is 0 Å². The summed E-state index contributed by atoms with van der Waals surface area (Å²) in [6, 6.07) is 7.82. The molecular weight excluding hydrogens is 436 g/mol. The van der Waals surface area contributed by atoms with Crippen LogP contribution in [0.1, 0.15) is 5.56 Å². The average molecular weight is 459 g/mol. The van der Waals surface area contributed by atoms with Gasteiger partial charge in [0.05, 0.1) is 11.1 Å².